The van der Waals surface area contributed by atoms with E-state index >= 15 is 0 Å². The minimum atomic E-state index is -0.474. The average Bonchev–Trinajstić information content (AvgIpc) is 2.34. The molecule has 1 heterocycles. The summed E-state index contributed by atoms with van der Waals surface area (Å²) in [5.41, 5.74) is 0. The molecule has 0 aliphatic rings. The first kappa shape index (κ1) is 15.6. The van der Waals surface area contributed by atoms with Crippen LogP contribution in [0.4, 0.5) is 0 Å². The van der Waals surface area contributed by atoms with Crippen molar-refractivity contribution in [3.8, 4) is 23.6 Å². The summed E-state index contributed by atoms with van der Waals surface area (Å²) in [4.78, 5) is 7.55. The SMILES string of the molecule is CCC#CCOc1cc(OC(C)C(C)(C)Cl)ncn1. The zero-order valence-corrected chi connectivity index (χ0v) is 12.5. The first-order valence-corrected chi connectivity index (χ1v) is 6.57. The lowest BCUT2D eigenvalue weighted by Gasteiger charge is -2.24. The van der Waals surface area contributed by atoms with Gasteiger partial charge in [-0.3, -0.25) is 0 Å². The lowest BCUT2D eigenvalue weighted by atomic mass is 10.1. The molecule has 0 radical (unpaired) electrons. The van der Waals surface area contributed by atoms with E-state index in [4.69, 9.17) is 21.1 Å². The molecule has 1 rings (SSSR count). The molecule has 0 aliphatic heterocycles. The molecule has 0 N–H and O–H groups in total. The van der Waals surface area contributed by atoms with Gasteiger partial charge >= 0.3 is 0 Å². The Bertz CT molecular complexity index is 460. The van der Waals surface area contributed by atoms with E-state index in [-0.39, 0.29) is 6.10 Å². The molecule has 0 fully saturated rings. The Morgan fingerprint density at radius 2 is 2.00 bits per heavy atom. The lowest BCUT2D eigenvalue weighted by Crippen LogP contribution is -2.32. The Hall–Kier alpha value is -1.47. The van der Waals surface area contributed by atoms with Crippen LogP contribution in [0.2, 0.25) is 0 Å². The summed E-state index contributed by atoms with van der Waals surface area (Å²) in [5, 5.41) is 0. The molecule has 0 amide bonds. The molecule has 4 nitrogen and oxygen atoms in total. The van der Waals surface area contributed by atoms with Gasteiger partial charge < -0.3 is 9.47 Å². The van der Waals surface area contributed by atoms with E-state index < -0.39 is 4.87 Å². The van der Waals surface area contributed by atoms with Crippen LogP contribution in [0.1, 0.15) is 34.1 Å². The average molecular weight is 283 g/mol. The van der Waals surface area contributed by atoms with Crippen LogP contribution in [-0.2, 0) is 0 Å². The Balaban J connectivity index is 2.62. The number of ether oxygens (including phenoxy) is 2. The van der Waals surface area contributed by atoms with Gasteiger partial charge in [0, 0.05) is 6.42 Å². The van der Waals surface area contributed by atoms with Gasteiger partial charge in [-0.05, 0) is 20.8 Å². The highest BCUT2D eigenvalue weighted by molar-refractivity contribution is 6.23. The number of nitrogens with zero attached hydrogens (tertiary/aromatic N) is 2. The standard InChI is InChI=1S/C14H19ClN2O2/c1-5-6-7-8-18-12-9-13(17-10-16-12)19-11(2)14(3,4)15/h9-11H,5,8H2,1-4H3. The van der Waals surface area contributed by atoms with Crippen molar-refractivity contribution in [3.05, 3.63) is 12.4 Å². The molecule has 0 bridgehead atoms. The number of alkyl halides is 1. The summed E-state index contributed by atoms with van der Waals surface area (Å²) in [6.07, 6.45) is 2.02. The molecule has 0 saturated carbocycles. The molecule has 1 unspecified atom stereocenters. The molecular weight excluding hydrogens is 264 g/mol. The minimum absolute atomic E-state index is 0.184. The highest BCUT2D eigenvalue weighted by Crippen LogP contribution is 2.23. The van der Waals surface area contributed by atoms with Crippen LogP contribution >= 0.6 is 11.6 Å². The van der Waals surface area contributed by atoms with Crippen molar-refractivity contribution in [2.45, 2.75) is 45.1 Å². The molecular formula is C14H19ClN2O2. The van der Waals surface area contributed by atoms with Crippen molar-refractivity contribution < 1.29 is 9.47 Å². The zero-order valence-electron chi connectivity index (χ0n) is 11.7. The maximum Gasteiger partial charge on any atom is 0.221 e. The van der Waals surface area contributed by atoms with Crippen molar-refractivity contribution in [2.75, 3.05) is 6.61 Å². The monoisotopic (exact) mass is 282 g/mol. The van der Waals surface area contributed by atoms with E-state index in [1.165, 1.54) is 6.33 Å². The van der Waals surface area contributed by atoms with Gasteiger partial charge in [0.1, 0.15) is 12.4 Å². The van der Waals surface area contributed by atoms with Gasteiger partial charge in [0.2, 0.25) is 11.8 Å². The molecule has 0 spiro atoms. The van der Waals surface area contributed by atoms with Crippen LogP contribution in [0.5, 0.6) is 11.8 Å². The summed E-state index contributed by atoms with van der Waals surface area (Å²) >= 11 is 6.17. The molecule has 104 valence electrons. The second kappa shape index (κ2) is 7.20. The van der Waals surface area contributed by atoms with Crippen molar-refractivity contribution in [1.29, 1.82) is 0 Å². The molecule has 1 atom stereocenters. The van der Waals surface area contributed by atoms with E-state index in [9.17, 15) is 0 Å². The van der Waals surface area contributed by atoms with Crippen LogP contribution in [0.25, 0.3) is 0 Å². The van der Waals surface area contributed by atoms with Crippen LogP contribution in [-0.4, -0.2) is 27.6 Å². The highest BCUT2D eigenvalue weighted by atomic mass is 35.5. The third-order valence-electron chi connectivity index (χ3n) is 2.48. The van der Waals surface area contributed by atoms with Crippen molar-refractivity contribution in [3.63, 3.8) is 0 Å². The fourth-order valence-corrected chi connectivity index (χ4v) is 1.12. The summed E-state index contributed by atoms with van der Waals surface area (Å²) in [6, 6.07) is 1.63. The molecule has 1 aromatic rings. The summed E-state index contributed by atoms with van der Waals surface area (Å²) in [5.74, 6) is 6.67. The molecule has 1 aromatic heterocycles. The Kier molecular flexibility index (Phi) is 5.91. The second-order valence-corrected chi connectivity index (χ2v) is 5.49. The maximum atomic E-state index is 6.17. The Morgan fingerprint density at radius 3 is 2.63 bits per heavy atom. The van der Waals surface area contributed by atoms with E-state index in [1.54, 1.807) is 6.07 Å². The Morgan fingerprint density at radius 1 is 1.32 bits per heavy atom. The van der Waals surface area contributed by atoms with Crippen molar-refractivity contribution in [1.82, 2.24) is 9.97 Å². The Labute approximate surface area is 119 Å². The van der Waals surface area contributed by atoms with E-state index in [2.05, 4.69) is 21.8 Å². The van der Waals surface area contributed by atoms with E-state index in [1.807, 2.05) is 27.7 Å². The zero-order chi connectivity index (χ0) is 14.3. The topological polar surface area (TPSA) is 44.2 Å². The fraction of sp³-hybridized carbons (Fsp3) is 0.571. The van der Waals surface area contributed by atoms with E-state index in [0.29, 0.717) is 18.4 Å². The van der Waals surface area contributed by atoms with Gasteiger partial charge in [0.15, 0.2) is 6.61 Å². The van der Waals surface area contributed by atoms with Crippen molar-refractivity contribution in [2.24, 2.45) is 0 Å². The number of halogens is 1. The smallest absolute Gasteiger partial charge is 0.221 e. The van der Waals surface area contributed by atoms with Crippen LogP contribution in [0.15, 0.2) is 12.4 Å². The number of aromatic nitrogens is 2. The predicted molar refractivity (Wildman–Crippen MR) is 75.6 cm³/mol. The first-order valence-electron chi connectivity index (χ1n) is 6.19. The van der Waals surface area contributed by atoms with Crippen LogP contribution in [0.3, 0.4) is 0 Å². The van der Waals surface area contributed by atoms with Gasteiger partial charge in [-0.1, -0.05) is 12.8 Å². The minimum Gasteiger partial charge on any atom is -0.473 e. The van der Waals surface area contributed by atoms with Crippen molar-refractivity contribution >= 4 is 11.6 Å². The number of rotatable bonds is 5. The van der Waals surface area contributed by atoms with E-state index in [0.717, 1.165) is 6.42 Å². The molecule has 0 saturated heterocycles. The normalized spacial score (nSPS) is 12.3. The van der Waals surface area contributed by atoms with Crippen LogP contribution < -0.4 is 9.47 Å². The highest BCUT2D eigenvalue weighted by Gasteiger charge is 2.25. The molecule has 0 aliphatic carbocycles. The third kappa shape index (κ3) is 5.80. The van der Waals surface area contributed by atoms with Gasteiger partial charge in [-0.2, -0.15) is 0 Å². The lowest BCUT2D eigenvalue weighted by molar-refractivity contribution is 0.175. The van der Waals surface area contributed by atoms with Crippen LogP contribution in [0, 0.1) is 11.8 Å². The molecule has 19 heavy (non-hydrogen) atoms. The fourth-order valence-electron chi connectivity index (χ4n) is 1.07. The number of hydrogen-bond acceptors (Lipinski definition) is 4. The van der Waals surface area contributed by atoms with Gasteiger partial charge in [0.25, 0.3) is 0 Å². The summed E-state index contributed by atoms with van der Waals surface area (Å²) < 4.78 is 11.0. The summed E-state index contributed by atoms with van der Waals surface area (Å²) in [6.45, 7) is 7.96. The largest absolute Gasteiger partial charge is 0.473 e. The quantitative estimate of drug-likeness (QED) is 0.615. The number of hydrogen-bond donors (Lipinski definition) is 0. The molecule has 0 aromatic carbocycles. The van der Waals surface area contributed by atoms with Gasteiger partial charge in [0.05, 0.1) is 10.9 Å². The first-order chi connectivity index (χ1) is 8.93. The van der Waals surface area contributed by atoms with Gasteiger partial charge in [-0.25, -0.2) is 9.97 Å². The predicted octanol–water partition coefficient (Wildman–Crippen LogP) is 3.05. The second-order valence-electron chi connectivity index (χ2n) is 4.51. The maximum absolute atomic E-state index is 6.17. The molecule has 5 heteroatoms. The summed E-state index contributed by atoms with van der Waals surface area (Å²) in [7, 11) is 0. The third-order valence-corrected chi connectivity index (χ3v) is 2.78. The van der Waals surface area contributed by atoms with Gasteiger partial charge in [-0.15, -0.1) is 17.5 Å².